The minimum Gasteiger partial charge on any atom is -0.325 e. The van der Waals surface area contributed by atoms with Crippen molar-refractivity contribution in [3.63, 3.8) is 0 Å². The van der Waals surface area contributed by atoms with E-state index in [1.54, 1.807) is 0 Å². The number of halogens is 1. The molecule has 0 fully saturated rings. The minimum absolute atomic E-state index is 0.145. The molecule has 0 spiro atoms. The Morgan fingerprint density at radius 1 is 1.12 bits per heavy atom. The van der Waals surface area contributed by atoms with E-state index in [0.29, 0.717) is 5.69 Å². The van der Waals surface area contributed by atoms with E-state index in [-0.39, 0.29) is 19.0 Å². The molecule has 2 rings (SSSR count). The molecule has 5 nitrogen and oxygen atoms in total. The quantitative estimate of drug-likeness (QED) is 0.771. The molecule has 0 unspecified atom stereocenters. The third-order valence-electron chi connectivity index (χ3n) is 3.72. The van der Waals surface area contributed by atoms with Gasteiger partial charge >= 0.3 is 0 Å². The van der Waals surface area contributed by atoms with Crippen molar-refractivity contribution >= 4 is 37.5 Å². The monoisotopic (exact) mass is 424 g/mol. The summed E-state index contributed by atoms with van der Waals surface area (Å²) in [5, 5.41) is 2.78. The normalized spacial score (nSPS) is 11.6. The van der Waals surface area contributed by atoms with E-state index in [9.17, 15) is 13.2 Å². The van der Waals surface area contributed by atoms with Gasteiger partial charge in [0.2, 0.25) is 15.9 Å². The van der Waals surface area contributed by atoms with Crippen molar-refractivity contribution in [3.8, 4) is 0 Å². The zero-order valence-corrected chi connectivity index (χ0v) is 16.8. The number of hydrogen-bond donors (Lipinski definition) is 1. The van der Waals surface area contributed by atoms with Crippen LogP contribution in [0, 0.1) is 13.8 Å². The second-order valence-electron chi connectivity index (χ2n) is 6.02. The smallest absolute Gasteiger partial charge is 0.239 e. The molecule has 0 aliphatic rings. The van der Waals surface area contributed by atoms with Crippen LogP contribution < -0.4 is 5.32 Å². The molecule has 0 aromatic heterocycles. The average molecular weight is 425 g/mol. The van der Waals surface area contributed by atoms with Crippen LogP contribution in [-0.2, 0) is 21.4 Å². The van der Waals surface area contributed by atoms with Crippen molar-refractivity contribution in [1.82, 2.24) is 4.31 Å². The highest BCUT2D eigenvalue weighted by molar-refractivity contribution is 9.10. The van der Waals surface area contributed by atoms with E-state index in [4.69, 9.17) is 0 Å². The highest BCUT2D eigenvalue weighted by Crippen LogP contribution is 2.17. The maximum Gasteiger partial charge on any atom is 0.239 e. The predicted octanol–water partition coefficient (Wildman–Crippen LogP) is 3.47. The van der Waals surface area contributed by atoms with Crippen LogP contribution in [0.15, 0.2) is 46.9 Å². The van der Waals surface area contributed by atoms with Gasteiger partial charge in [-0.2, -0.15) is 4.31 Å². The average Bonchev–Trinajstić information content (AvgIpc) is 2.50. The molecular weight excluding hydrogens is 404 g/mol. The van der Waals surface area contributed by atoms with Crippen LogP contribution in [0.2, 0.25) is 0 Å². The summed E-state index contributed by atoms with van der Waals surface area (Å²) in [6.45, 7) is 3.79. The topological polar surface area (TPSA) is 66.5 Å². The molecular formula is C18H21BrN2O3S. The van der Waals surface area contributed by atoms with Crippen molar-refractivity contribution < 1.29 is 13.2 Å². The fourth-order valence-corrected chi connectivity index (χ4v) is 3.39. The van der Waals surface area contributed by atoms with Crippen LogP contribution in [0.25, 0.3) is 0 Å². The first-order valence-electron chi connectivity index (χ1n) is 7.72. The van der Waals surface area contributed by atoms with Crippen LogP contribution in [-0.4, -0.2) is 31.4 Å². The van der Waals surface area contributed by atoms with Crippen LogP contribution in [0.4, 0.5) is 5.69 Å². The van der Waals surface area contributed by atoms with E-state index in [2.05, 4.69) is 21.2 Å². The number of benzene rings is 2. The first-order chi connectivity index (χ1) is 11.6. The first kappa shape index (κ1) is 19.6. The Kier molecular flexibility index (Phi) is 6.37. The number of aryl methyl sites for hydroxylation is 2. The number of amides is 1. The summed E-state index contributed by atoms with van der Waals surface area (Å²) < 4.78 is 26.2. The lowest BCUT2D eigenvalue weighted by atomic mass is 10.1. The van der Waals surface area contributed by atoms with Crippen LogP contribution in [0.3, 0.4) is 0 Å². The van der Waals surface area contributed by atoms with Crippen molar-refractivity contribution in [2.45, 2.75) is 20.4 Å². The molecule has 0 bridgehead atoms. The first-order valence-corrected chi connectivity index (χ1v) is 10.4. The highest BCUT2D eigenvalue weighted by atomic mass is 79.9. The Morgan fingerprint density at radius 2 is 1.76 bits per heavy atom. The minimum atomic E-state index is -3.52. The molecule has 0 radical (unpaired) electrons. The lowest BCUT2D eigenvalue weighted by molar-refractivity contribution is -0.116. The fourth-order valence-electron chi connectivity index (χ4n) is 2.39. The Hall–Kier alpha value is -1.70. The SMILES string of the molecule is Cc1ccc(NC(=O)CN(Cc2ccc(Br)cc2)S(C)(=O)=O)c(C)c1. The van der Waals surface area contributed by atoms with Gasteiger partial charge in [-0.25, -0.2) is 8.42 Å². The molecule has 134 valence electrons. The number of anilines is 1. The standard InChI is InChI=1S/C18H21BrN2O3S/c1-13-4-9-17(14(2)10-13)20-18(22)12-21(25(3,23)24)11-15-5-7-16(19)8-6-15/h4-10H,11-12H2,1-3H3,(H,20,22). The number of carbonyl (C=O) groups excluding carboxylic acids is 1. The van der Waals surface area contributed by atoms with Gasteiger partial charge in [-0.1, -0.05) is 45.8 Å². The van der Waals surface area contributed by atoms with Crippen molar-refractivity contribution in [2.75, 3.05) is 18.1 Å². The van der Waals surface area contributed by atoms with Crippen molar-refractivity contribution in [2.24, 2.45) is 0 Å². The summed E-state index contributed by atoms with van der Waals surface area (Å²) >= 11 is 3.34. The van der Waals surface area contributed by atoms with Gasteiger partial charge in [-0.15, -0.1) is 0 Å². The van der Waals surface area contributed by atoms with Gasteiger partial charge in [-0.3, -0.25) is 4.79 Å². The summed E-state index contributed by atoms with van der Waals surface area (Å²) in [5.41, 5.74) is 3.54. The predicted molar refractivity (Wildman–Crippen MR) is 104 cm³/mol. The summed E-state index contributed by atoms with van der Waals surface area (Å²) in [7, 11) is -3.52. The third-order valence-corrected chi connectivity index (χ3v) is 5.44. The Balaban J connectivity index is 2.11. The Morgan fingerprint density at radius 3 is 2.32 bits per heavy atom. The van der Waals surface area contributed by atoms with Crippen LogP contribution in [0.5, 0.6) is 0 Å². The molecule has 25 heavy (non-hydrogen) atoms. The number of rotatable bonds is 6. The van der Waals surface area contributed by atoms with Gasteiger partial charge < -0.3 is 5.32 Å². The maximum atomic E-state index is 12.3. The summed E-state index contributed by atoms with van der Waals surface area (Å²) in [6.07, 6.45) is 1.11. The van der Waals surface area contributed by atoms with Crippen molar-refractivity contribution in [3.05, 3.63) is 63.6 Å². The number of carbonyl (C=O) groups is 1. The Bertz CT molecular complexity index is 864. The van der Waals surface area contributed by atoms with E-state index in [1.165, 1.54) is 0 Å². The Labute approximate surface area is 157 Å². The number of hydrogen-bond acceptors (Lipinski definition) is 3. The summed E-state index contributed by atoms with van der Waals surface area (Å²) in [5.74, 6) is -0.366. The molecule has 7 heteroatoms. The highest BCUT2D eigenvalue weighted by Gasteiger charge is 2.21. The number of nitrogens with zero attached hydrogens (tertiary/aromatic N) is 1. The largest absolute Gasteiger partial charge is 0.325 e. The molecule has 1 N–H and O–H groups in total. The molecule has 1 amide bonds. The second-order valence-corrected chi connectivity index (χ2v) is 8.92. The lowest BCUT2D eigenvalue weighted by Gasteiger charge is -2.20. The summed E-state index contributed by atoms with van der Waals surface area (Å²) in [6, 6.07) is 13.0. The zero-order chi connectivity index (χ0) is 18.6. The maximum absolute atomic E-state index is 12.3. The van der Waals surface area contributed by atoms with Gasteiger partial charge in [0.25, 0.3) is 0 Å². The van der Waals surface area contributed by atoms with Crippen molar-refractivity contribution in [1.29, 1.82) is 0 Å². The van der Waals surface area contributed by atoms with Crippen LogP contribution in [0.1, 0.15) is 16.7 Å². The second kappa shape index (κ2) is 8.12. The number of sulfonamides is 1. The van der Waals surface area contributed by atoms with E-state index in [1.807, 2.05) is 56.3 Å². The molecule has 0 heterocycles. The molecule has 2 aromatic rings. The summed E-state index contributed by atoms with van der Waals surface area (Å²) in [4.78, 5) is 12.3. The van der Waals surface area contributed by atoms with Gasteiger partial charge in [0, 0.05) is 16.7 Å². The molecule has 2 aromatic carbocycles. The lowest BCUT2D eigenvalue weighted by Crippen LogP contribution is -2.37. The van der Waals surface area contributed by atoms with Gasteiger partial charge in [0.1, 0.15) is 0 Å². The molecule has 0 aliphatic heterocycles. The van der Waals surface area contributed by atoms with E-state index in [0.717, 1.165) is 31.7 Å². The van der Waals surface area contributed by atoms with Gasteiger partial charge in [0.15, 0.2) is 0 Å². The van der Waals surface area contributed by atoms with E-state index < -0.39 is 10.0 Å². The third kappa shape index (κ3) is 5.95. The zero-order valence-electron chi connectivity index (χ0n) is 14.4. The van der Waals surface area contributed by atoms with Crippen LogP contribution >= 0.6 is 15.9 Å². The van der Waals surface area contributed by atoms with E-state index >= 15 is 0 Å². The van der Waals surface area contributed by atoms with Gasteiger partial charge in [0.05, 0.1) is 12.8 Å². The fraction of sp³-hybridized carbons (Fsp3) is 0.278. The number of nitrogens with one attached hydrogen (secondary N) is 1. The molecule has 0 saturated carbocycles. The molecule has 0 atom stereocenters. The molecule has 0 saturated heterocycles. The molecule has 0 aliphatic carbocycles. The van der Waals surface area contributed by atoms with Gasteiger partial charge in [-0.05, 0) is 43.2 Å².